The van der Waals surface area contributed by atoms with Crippen LogP contribution >= 0.6 is 0 Å². The van der Waals surface area contributed by atoms with E-state index in [2.05, 4.69) is 0 Å². The average Bonchev–Trinajstić information content (AvgIpc) is 2.67. The van der Waals surface area contributed by atoms with Gasteiger partial charge in [0.1, 0.15) is 6.04 Å². The van der Waals surface area contributed by atoms with Crippen LogP contribution < -0.4 is 0 Å². The molecular weight excluding hydrogens is 248 g/mol. The minimum absolute atomic E-state index is 0.0350. The monoisotopic (exact) mass is 272 g/mol. The Kier molecular flexibility index (Phi) is 4.45. The third-order valence-corrected chi connectivity index (χ3v) is 3.95. The number of nitrogens with zero attached hydrogens (tertiary/aromatic N) is 2. The van der Waals surface area contributed by atoms with Gasteiger partial charge < -0.3 is 20.0 Å². The number of likely N-dealkylation sites (tertiary alicyclic amines) is 1. The average molecular weight is 272 g/mol. The lowest BCUT2D eigenvalue weighted by Crippen LogP contribution is -2.52. The minimum atomic E-state index is -1.07. The van der Waals surface area contributed by atoms with E-state index in [1.165, 1.54) is 4.90 Å². The van der Waals surface area contributed by atoms with E-state index in [0.717, 1.165) is 0 Å². The van der Waals surface area contributed by atoms with Crippen molar-refractivity contribution in [2.45, 2.75) is 52.3 Å². The van der Waals surface area contributed by atoms with E-state index in [4.69, 9.17) is 5.11 Å². The van der Waals surface area contributed by atoms with E-state index in [9.17, 15) is 14.7 Å². The van der Waals surface area contributed by atoms with Crippen molar-refractivity contribution in [3.63, 3.8) is 0 Å². The topological polar surface area (TPSA) is 81.1 Å². The number of carbonyl (C=O) groups is 2. The Hall–Kier alpha value is -1.30. The molecule has 1 aliphatic heterocycles. The number of carboxylic acids is 1. The smallest absolute Gasteiger partial charge is 0.326 e. The Bertz CT molecular complexity index is 364. The highest BCUT2D eigenvalue weighted by atomic mass is 16.4. The zero-order valence-electron chi connectivity index (χ0n) is 12.3. The highest BCUT2D eigenvalue weighted by Gasteiger charge is 2.41. The number of carboxylic acid groups (broad SMARTS) is 1. The van der Waals surface area contributed by atoms with Crippen molar-refractivity contribution in [1.82, 2.24) is 9.80 Å². The molecule has 3 atom stereocenters. The van der Waals surface area contributed by atoms with Crippen LogP contribution in [-0.2, 0) is 4.79 Å². The Morgan fingerprint density at radius 1 is 1.37 bits per heavy atom. The molecule has 2 amide bonds. The van der Waals surface area contributed by atoms with Gasteiger partial charge in [0.25, 0.3) is 0 Å². The molecule has 1 aliphatic rings. The van der Waals surface area contributed by atoms with Gasteiger partial charge in [0.05, 0.1) is 6.10 Å². The summed E-state index contributed by atoms with van der Waals surface area (Å²) in [4.78, 5) is 26.3. The summed E-state index contributed by atoms with van der Waals surface area (Å²) in [5.41, 5.74) is -0.0958. The molecule has 0 aromatic rings. The maximum Gasteiger partial charge on any atom is 0.326 e. The van der Waals surface area contributed by atoms with Crippen LogP contribution in [0.1, 0.15) is 34.1 Å². The number of rotatable bonds is 2. The summed E-state index contributed by atoms with van der Waals surface area (Å²) < 4.78 is 0. The molecule has 0 saturated carbocycles. The SMILES string of the molecule is CC(N(C)C(=O)N1C[C@H](O)C[C@H]1C(=O)O)C(C)(C)C. The van der Waals surface area contributed by atoms with Crippen LogP contribution in [0, 0.1) is 5.41 Å². The van der Waals surface area contributed by atoms with Crippen LogP contribution in [0.5, 0.6) is 0 Å². The third kappa shape index (κ3) is 3.37. The Morgan fingerprint density at radius 2 is 1.89 bits per heavy atom. The van der Waals surface area contributed by atoms with E-state index >= 15 is 0 Å². The molecular formula is C13H24N2O4. The standard InChI is InChI=1S/C13H24N2O4/c1-8(13(2,3)4)14(5)12(19)15-7-9(16)6-10(15)11(17)18/h8-10,16H,6-7H2,1-5H3,(H,17,18)/t8?,9-,10+/m1/s1. The van der Waals surface area contributed by atoms with Gasteiger partial charge in [-0.25, -0.2) is 9.59 Å². The lowest BCUT2D eigenvalue weighted by molar-refractivity contribution is -0.141. The summed E-state index contributed by atoms with van der Waals surface area (Å²) in [6.07, 6.45) is -0.665. The zero-order valence-corrected chi connectivity index (χ0v) is 12.3. The van der Waals surface area contributed by atoms with E-state index in [0.29, 0.717) is 0 Å². The van der Waals surface area contributed by atoms with Crippen LogP contribution in [0.15, 0.2) is 0 Å². The number of β-amino-alcohol motifs (C(OH)–C–C–N with tert-alkyl or cyclic N) is 1. The van der Waals surface area contributed by atoms with Crippen molar-refractivity contribution in [1.29, 1.82) is 0 Å². The van der Waals surface area contributed by atoms with Gasteiger partial charge in [0.2, 0.25) is 0 Å². The Balaban J connectivity index is 2.84. The van der Waals surface area contributed by atoms with Gasteiger partial charge in [-0.2, -0.15) is 0 Å². The molecule has 1 fully saturated rings. The third-order valence-electron chi connectivity index (χ3n) is 3.95. The van der Waals surface area contributed by atoms with Gasteiger partial charge in [-0.1, -0.05) is 20.8 Å². The van der Waals surface area contributed by atoms with Crippen molar-refractivity contribution in [3.05, 3.63) is 0 Å². The number of urea groups is 1. The molecule has 1 saturated heterocycles. The van der Waals surface area contributed by atoms with E-state index in [-0.39, 0.29) is 30.5 Å². The molecule has 0 aliphatic carbocycles. The first kappa shape index (κ1) is 15.8. The fourth-order valence-corrected chi connectivity index (χ4v) is 2.21. The van der Waals surface area contributed by atoms with Crippen molar-refractivity contribution >= 4 is 12.0 Å². The molecule has 1 unspecified atom stereocenters. The number of amides is 2. The second kappa shape index (κ2) is 5.36. The number of hydrogen-bond acceptors (Lipinski definition) is 3. The van der Waals surface area contributed by atoms with Crippen molar-refractivity contribution < 1.29 is 19.8 Å². The normalized spacial score (nSPS) is 25.3. The molecule has 19 heavy (non-hydrogen) atoms. The highest BCUT2D eigenvalue weighted by Crippen LogP contribution is 2.26. The number of hydrogen-bond donors (Lipinski definition) is 2. The van der Waals surface area contributed by atoms with Crippen LogP contribution in [0.25, 0.3) is 0 Å². The van der Waals surface area contributed by atoms with Gasteiger partial charge >= 0.3 is 12.0 Å². The fraction of sp³-hybridized carbons (Fsp3) is 0.846. The molecule has 0 radical (unpaired) electrons. The maximum absolute atomic E-state index is 12.4. The summed E-state index contributed by atoms with van der Waals surface area (Å²) in [7, 11) is 1.67. The van der Waals surface area contributed by atoms with Crippen molar-refractivity contribution in [2.75, 3.05) is 13.6 Å². The molecule has 0 spiro atoms. The second-order valence-corrected chi connectivity index (χ2v) is 6.33. The molecule has 0 bridgehead atoms. The van der Waals surface area contributed by atoms with Crippen molar-refractivity contribution in [2.24, 2.45) is 5.41 Å². The zero-order chi connectivity index (χ0) is 15.0. The summed E-state index contributed by atoms with van der Waals surface area (Å²) >= 11 is 0. The summed E-state index contributed by atoms with van der Waals surface area (Å²) in [6.45, 7) is 8.08. The van der Waals surface area contributed by atoms with E-state index < -0.39 is 18.1 Å². The predicted octanol–water partition coefficient (Wildman–Crippen LogP) is 0.993. The molecule has 1 heterocycles. The first-order valence-corrected chi connectivity index (χ1v) is 6.50. The molecule has 2 N–H and O–H groups in total. The highest BCUT2D eigenvalue weighted by molar-refractivity contribution is 5.83. The molecule has 110 valence electrons. The number of aliphatic hydroxyl groups excluding tert-OH is 1. The first-order chi connectivity index (χ1) is 8.55. The quantitative estimate of drug-likeness (QED) is 0.785. The maximum atomic E-state index is 12.4. The summed E-state index contributed by atoms with van der Waals surface area (Å²) in [6, 6.07) is -1.31. The Morgan fingerprint density at radius 3 is 2.32 bits per heavy atom. The van der Waals surface area contributed by atoms with Crippen LogP contribution in [0.2, 0.25) is 0 Å². The molecule has 1 rings (SSSR count). The number of aliphatic carboxylic acids is 1. The van der Waals surface area contributed by atoms with Gasteiger partial charge in [-0.15, -0.1) is 0 Å². The fourth-order valence-electron chi connectivity index (χ4n) is 2.21. The molecule has 6 nitrogen and oxygen atoms in total. The summed E-state index contributed by atoms with van der Waals surface area (Å²) in [5.74, 6) is -1.07. The largest absolute Gasteiger partial charge is 0.480 e. The van der Waals surface area contributed by atoms with Crippen molar-refractivity contribution in [3.8, 4) is 0 Å². The van der Waals surface area contributed by atoms with Gasteiger partial charge in [0.15, 0.2) is 0 Å². The summed E-state index contributed by atoms with van der Waals surface area (Å²) in [5, 5.41) is 18.7. The molecule has 6 heteroatoms. The predicted molar refractivity (Wildman–Crippen MR) is 70.8 cm³/mol. The lowest BCUT2D eigenvalue weighted by atomic mass is 9.87. The van der Waals surface area contributed by atoms with Gasteiger partial charge in [0, 0.05) is 26.1 Å². The Labute approximate surface area is 114 Å². The molecule has 0 aromatic carbocycles. The van der Waals surface area contributed by atoms with Crippen LogP contribution in [0.4, 0.5) is 4.79 Å². The number of aliphatic hydroxyl groups is 1. The number of carbonyl (C=O) groups excluding carboxylic acids is 1. The van der Waals surface area contributed by atoms with Gasteiger partial charge in [-0.05, 0) is 12.3 Å². The molecule has 0 aromatic heterocycles. The lowest BCUT2D eigenvalue weighted by Gasteiger charge is -2.38. The van der Waals surface area contributed by atoms with Crippen LogP contribution in [-0.4, -0.2) is 63.8 Å². The van der Waals surface area contributed by atoms with E-state index in [1.807, 2.05) is 27.7 Å². The minimum Gasteiger partial charge on any atom is -0.480 e. The first-order valence-electron chi connectivity index (χ1n) is 6.50. The van der Waals surface area contributed by atoms with Gasteiger partial charge in [-0.3, -0.25) is 0 Å². The second-order valence-electron chi connectivity index (χ2n) is 6.33. The van der Waals surface area contributed by atoms with Crippen LogP contribution in [0.3, 0.4) is 0 Å². The van der Waals surface area contributed by atoms with E-state index in [1.54, 1.807) is 11.9 Å².